The first kappa shape index (κ1) is 24.1. The number of ether oxygens (including phenoxy) is 1. The number of anilines is 1. The molecule has 3 aromatic rings. The van der Waals surface area contributed by atoms with Gasteiger partial charge in [-0.2, -0.15) is 10.2 Å². The van der Waals surface area contributed by atoms with Crippen LogP contribution >= 0.6 is 48.9 Å². The second-order valence-corrected chi connectivity index (χ2v) is 12.4. The maximum Gasteiger partial charge on any atom is 0.359 e. The summed E-state index contributed by atoms with van der Waals surface area (Å²) in [4.78, 5) is 26.2. The first-order chi connectivity index (χ1) is 15.8. The van der Waals surface area contributed by atoms with Crippen LogP contribution in [-0.2, 0) is 9.53 Å². The quantitative estimate of drug-likeness (QED) is 0.206. The van der Waals surface area contributed by atoms with Crippen molar-refractivity contribution in [2.24, 2.45) is 10.2 Å². The van der Waals surface area contributed by atoms with Crippen molar-refractivity contribution in [3.63, 3.8) is 0 Å². The molecular formula is C21H17Cl3N4O3P2. The first-order valence-electron chi connectivity index (χ1n) is 9.79. The van der Waals surface area contributed by atoms with Gasteiger partial charge in [0.2, 0.25) is 6.17 Å². The number of nitrogens with one attached hydrogen (secondary N) is 1. The Morgan fingerprint density at radius 1 is 1.27 bits per heavy atom. The Labute approximate surface area is 207 Å². The Hall–Kier alpha value is -2.01. The summed E-state index contributed by atoms with van der Waals surface area (Å²) in [5, 5.41) is 12.5. The average molecular weight is 542 g/mol. The SMILES string of the molecule is CCOC(=O)c1pc(P(Cl)Cl)c2n1[C@@H](N=Nc1cccc(Cl)c1)C(=O)Nc1ccc(C)cc1-2. The van der Waals surface area contributed by atoms with Crippen LogP contribution in [0, 0.1) is 6.92 Å². The second-order valence-electron chi connectivity index (χ2n) is 7.04. The van der Waals surface area contributed by atoms with Crippen LogP contribution < -0.4 is 10.4 Å². The van der Waals surface area contributed by atoms with Crippen molar-refractivity contribution in [2.75, 3.05) is 11.9 Å². The number of hydrogen-bond acceptors (Lipinski definition) is 5. The molecule has 1 amide bonds. The van der Waals surface area contributed by atoms with Gasteiger partial charge in [0.15, 0.2) is 5.43 Å². The summed E-state index contributed by atoms with van der Waals surface area (Å²) in [6, 6.07) is 12.3. The van der Waals surface area contributed by atoms with Crippen molar-refractivity contribution >= 4 is 77.2 Å². The van der Waals surface area contributed by atoms with Crippen LogP contribution in [0.4, 0.5) is 11.4 Å². The van der Waals surface area contributed by atoms with E-state index in [1.165, 1.54) is 4.57 Å². The molecular weight excluding hydrogens is 525 g/mol. The number of nitrogens with zero attached hydrogens (tertiary/aromatic N) is 3. The summed E-state index contributed by atoms with van der Waals surface area (Å²) < 4.78 is 6.80. The number of fused-ring (bicyclic) bond motifs is 3. The number of benzene rings is 2. The average Bonchev–Trinajstić information content (AvgIpc) is 3.11. The van der Waals surface area contributed by atoms with Crippen LogP contribution in [0.15, 0.2) is 52.7 Å². The van der Waals surface area contributed by atoms with Crippen LogP contribution in [0.25, 0.3) is 11.3 Å². The largest absolute Gasteiger partial charge is 0.461 e. The third-order valence-electron chi connectivity index (χ3n) is 4.77. The Kier molecular flexibility index (Phi) is 7.37. The molecule has 0 unspecified atom stereocenters. The number of halogens is 3. The topological polar surface area (TPSA) is 85.1 Å². The molecule has 1 N–H and O–H groups in total. The molecule has 0 spiro atoms. The molecule has 0 aliphatic carbocycles. The van der Waals surface area contributed by atoms with E-state index in [9.17, 15) is 9.59 Å². The number of carbonyl (C=O) groups is 2. The molecule has 1 aliphatic rings. The molecule has 1 aliphatic heterocycles. The maximum atomic E-state index is 13.3. The number of carbonyl (C=O) groups excluding carboxylic acids is 2. The highest BCUT2D eigenvalue weighted by Gasteiger charge is 2.37. The number of aromatic nitrogens is 1. The van der Waals surface area contributed by atoms with E-state index in [-0.39, 0.29) is 12.0 Å². The Balaban J connectivity index is 1.98. The predicted octanol–water partition coefficient (Wildman–Crippen LogP) is 7.52. The third-order valence-corrected chi connectivity index (χ3v) is 9.19. The third kappa shape index (κ3) is 4.94. The minimum atomic E-state index is -1.63. The van der Waals surface area contributed by atoms with Crippen LogP contribution in [0.5, 0.6) is 0 Å². The van der Waals surface area contributed by atoms with Gasteiger partial charge in [-0.15, -0.1) is 0 Å². The number of rotatable bonds is 5. The van der Waals surface area contributed by atoms with Crippen LogP contribution in [0.2, 0.25) is 5.02 Å². The van der Waals surface area contributed by atoms with Gasteiger partial charge in [-0.05, 0) is 52.4 Å². The molecule has 7 nitrogen and oxygen atoms in total. The Morgan fingerprint density at radius 2 is 2.06 bits per heavy atom. The van der Waals surface area contributed by atoms with Gasteiger partial charge in [-0.3, -0.25) is 9.36 Å². The monoisotopic (exact) mass is 540 g/mol. The van der Waals surface area contributed by atoms with Gasteiger partial charge >= 0.3 is 5.97 Å². The van der Waals surface area contributed by atoms with Crippen molar-refractivity contribution < 1.29 is 14.3 Å². The van der Waals surface area contributed by atoms with Crippen molar-refractivity contribution in [1.29, 1.82) is 0 Å². The lowest BCUT2D eigenvalue weighted by atomic mass is 10.1. The van der Waals surface area contributed by atoms with E-state index in [0.717, 1.165) is 5.56 Å². The van der Waals surface area contributed by atoms with Gasteiger partial charge in [0.05, 0.1) is 28.7 Å². The molecule has 170 valence electrons. The van der Waals surface area contributed by atoms with E-state index in [0.29, 0.717) is 40.9 Å². The predicted molar refractivity (Wildman–Crippen MR) is 135 cm³/mol. The van der Waals surface area contributed by atoms with Crippen LogP contribution in [-0.4, -0.2) is 23.1 Å². The highest BCUT2D eigenvalue weighted by Crippen LogP contribution is 2.53. The van der Waals surface area contributed by atoms with Gasteiger partial charge < -0.3 is 10.1 Å². The van der Waals surface area contributed by atoms with E-state index in [4.69, 9.17) is 38.8 Å². The number of amides is 1. The normalized spacial score (nSPS) is 15.5. The number of esters is 1. The van der Waals surface area contributed by atoms with E-state index >= 15 is 0 Å². The molecule has 0 saturated carbocycles. The molecule has 2 aromatic carbocycles. The van der Waals surface area contributed by atoms with Gasteiger partial charge in [0.1, 0.15) is 6.63 Å². The summed E-state index contributed by atoms with van der Waals surface area (Å²) in [6.45, 7) is 2.18. The lowest BCUT2D eigenvalue weighted by Crippen LogP contribution is -2.25. The van der Waals surface area contributed by atoms with Gasteiger partial charge in [0, 0.05) is 10.6 Å². The summed E-state index contributed by atoms with van der Waals surface area (Å²) in [5.74, 6) is -1.05. The zero-order chi connectivity index (χ0) is 23.7. The number of hydrogen-bond donors (Lipinski definition) is 1. The summed E-state index contributed by atoms with van der Waals surface area (Å²) in [6.07, 6.45) is -1.20. The molecule has 12 heteroatoms. The molecule has 4 rings (SSSR count). The van der Waals surface area contributed by atoms with Crippen LogP contribution in [0.1, 0.15) is 28.9 Å². The summed E-state index contributed by atoms with van der Waals surface area (Å²) >= 11 is 18.8. The Morgan fingerprint density at radius 3 is 2.76 bits per heavy atom. The first-order valence-corrected chi connectivity index (χ1v) is 14.2. The highest BCUT2D eigenvalue weighted by atomic mass is 35.9. The van der Waals surface area contributed by atoms with E-state index in [1.54, 1.807) is 37.3 Å². The fourth-order valence-electron chi connectivity index (χ4n) is 3.41. The molecule has 0 fully saturated rings. The fourth-order valence-corrected chi connectivity index (χ4v) is 6.74. The Bertz CT molecular complexity index is 1280. The molecule has 0 saturated heterocycles. The number of azo groups is 1. The van der Waals surface area contributed by atoms with Crippen molar-refractivity contribution in [2.45, 2.75) is 20.0 Å². The zero-order valence-electron chi connectivity index (χ0n) is 17.4. The van der Waals surface area contributed by atoms with Crippen molar-refractivity contribution in [1.82, 2.24) is 4.57 Å². The smallest absolute Gasteiger partial charge is 0.359 e. The lowest BCUT2D eigenvalue weighted by molar-refractivity contribution is -0.119. The second kappa shape index (κ2) is 10.1. The van der Waals surface area contributed by atoms with E-state index in [1.807, 2.05) is 19.1 Å². The van der Waals surface area contributed by atoms with E-state index in [2.05, 4.69) is 15.5 Å². The lowest BCUT2D eigenvalue weighted by Gasteiger charge is -2.16. The zero-order valence-corrected chi connectivity index (χ0v) is 21.5. The molecule has 1 aromatic heterocycles. The molecule has 1 atom stereocenters. The molecule has 2 heterocycles. The molecule has 33 heavy (non-hydrogen) atoms. The number of aryl methyl sites for hydroxylation is 1. The minimum Gasteiger partial charge on any atom is -0.461 e. The van der Waals surface area contributed by atoms with Crippen LogP contribution in [0.3, 0.4) is 0 Å². The standard InChI is InChI=1S/C21H17Cl3N4O3P2/c1-3-31-20(30)19-28-16(21(32-19)33(23)24)14-9-11(2)7-8-15(14)25-18(29)17(28)27-26-13-6-4-5-12(22)10-13/h4-10,17H,3H2,1-2H3,(H,25,29)/t17-/m1/s1. The van der Waals surface area contributed by atoms with Crippen molar-refractivity contribution in [3.8, 4) is 11.3 Å². The fraction of sp³-hybridized carbons (Fsp3) is 0.190. The van der Waals surface area contributed by atoms with Gasteiger partial charge in [-0.25, -0.2) is 4.79 Å². The molecule has 0 bridgehead atoms. The van der Waals surface area contributed by atoms with Gasteiger partial charge in [-0.1, -0.05) is 51.8 Å². The minimum absolute atomic E-state index is 0.170. The van der Waals surface area contributed by atoms with Gasteiger partial charge in [0.25, 0.3) is 5.91 Å². The molecule has 0 radical (unpaired) electrons. The maximum absolute atomic E-state index is 13.3. The highest BCUT2D eigenvalue weighted by molar-refractivity contribution is 8.11. The van der Waals surface area contributed by atoms with Crippen molar-refractivity contribution in [3.05, 3.63) is 58.5 Å². The summed E-state index contributed by atoms with van der Waals surface area (Å²) in [7, 11) is 0.463. The summed E-state index contributed by atoms with van der Waals surface area (Å²) in [5.41, 5.74) is 3.44. The van der Waals surface area contributed by atoms with E-state index < -0.39 is 24.7 Å².